The quantitative estimate of drug-likeness (QED) is 0.591. The second-order valence-electron chi connectivity index (χ2n) is 4.25. The Balaban J connectivity index is 2.32. The van der Waals surface area contributed by atoms with Crippen LogP contribution in [0.3, 0.4) is 0 Å². The van der Waals surface area contributed by atoms with Crippen molar-refractivity contribution in [2.24, 2.45) is 0 Å². The van der Waals surface area contributed by atoms with Crippen molar-refractivity contribution in [3.8, 4) is 0 Å². The second-order valence-corrected chi connectivity index (χ2v) is 4.25. The average Bonchev–Trinajstić information content (AvgIpc) is 2.14. The molecule has 0 aliphatic heterocycles. The summed E-state index contributed by atoms with van der Waals surface area (Å²) in [5.41, 5.74) is 5.12. The number of aromatic nitrogens is 2. The Morgan fingerprint density at radius 3 is 2.75 bits per heavy atom. The molecule has 1 aromatic rings. The van der Waals surface area contributed by atoms with Gasteiger partial charge < -0.3 is 11.1 Å². The van der Waals surface area contributed by atoms with Gasteiger partial charge in [0.2, 0.25) is 11.6 Å². The van der Waals surface area contributed by atoms with Gasteiger partial charge in [-0.15, -0.1) is 0 Å². The zero-order chi connectivity index (χ0) is 11.8. The van der Waals surface area contributed by atoms with Crippen LogP contribution < -0.4 is 11.1 Å². The summed E-state index contributed by atoms with van der Waals surface area (Å²) in [6.45, 7) is 2.01. The van der Waals surface area contributed by atoms with E-state index in [1.165, 1.54) is 6.33 Å². The molecule has 86 valence electrons. The van der Waals surface area contributed by atoms with Gasteiger partial charge in [-0.3, -0.25) is 10.1 Å². The summed E-state index contributed by atoms with van der Waals surface area (Å²) in [5, 5.41) is 13.9. The molecule has 0 spiro atoms. The molecule has 1 aliphatic carbocycles. The Hall–Kier alpha value is -1.92. The SMILES string of the molecule is CC1(Nc2ncnc(N)c2[N+](=O)[O-])CCC1. The number of nitrogens with two attached hydrogens (primary N) is 1. The summed E-state index contributed by atoms with van der Waals surface area (Å²) in [4.78, 5) is 17.8. The highest BCUT2D eigenvalue weighted by molar-refractivity contribution is 5.67. The minimum absolute atomic E-state index is 0.106. The van der Waals surface area contributed by atoms with Crippen LogP contribution in [-0.2, 0) is 0 Å². The third kappa shape index (κ3) is 1.75. The fourth-order valence-electron chi connectivity index (χ4n) is 1.78. The molecule has 1 aromatic heterocycles. The Morgan fingerprint density at radius 2 is 2.25 bits per heavy atom. The molecule has 0 atom stereocenters. The maximum absolute atomic E-state index is 10.8. The maximum atomic E-state index is 10.8. The minimum Gasteiger partial charge on any atom is -0.378 e. The van der Waals surface area contributed by atoms with Crippen molar-refractivity contribution in [3.63, 3.8) is 0 Å². The van der Waals surface area contributed by atoms with Gasteiger partial charge in [0.1, 0.15) is 6.33 Å². The monoisotopic (exact) mass is 223 g/mol. The van der Waals surface area contributed by atoms with Crippen molar-refractivity contribution < 1.29 is 4.92 Å². The van der Waals surface area contributed by atoms with Gasteiger partial charge in [-0.1, -0.05) is 0 Å². The van der Waals surface area contributed by atoms with Crippen molar-refractivity contribution >= 4 is 17.3 Å². The first-order valence-corrected chi connectivity index (χ1v) is 5.05. The van der Waals surface area contributed by atoms with Crippen molar-refractivity contribution in [3.05, 3.63) is 16.4 Å². The highest BCUT2D eigenvalue weighted by atomic mass is 16.6. The fraction of sp³-hybridized carbons (Fsp3) is 0.556. The smallest absolute Gasteiger partial charge is 0.353 e. The topological polar surface area (TPSA) is 107 Å². The Kier molecular flexibility index (Phi) is 2.37. The Labute approximate surface area is 92.2 Å². The van der Waals surface area contributed by atoms with E-state index >= 15 is 0 Å². The van der Waals surface area contributed by atoms with E-state index in [1.54, 1.807) is 0 Å². The van der Waals surface area contributed by atoms with Gasteiger partial charge >= 0.3 is 5.69 Å². The molecular formula is C9H13N5O2. The van der Waals surface area contributed by atoms with Crippen molar-refractivity contribution in [1.29, 1.82) is 0 Å². The molecule has 3 N–H and O–H groups in total. The van der Waals surface area contributed by atoms with Crippen LogP contribution in [0.2, 0.25) is 0 Å². The van der Waals surface area contributed by atoms with Gasteiger partial charge in [0, 0.05) is 5.54 Å². The molecule has 0 unspecified atom stereocenters. The molecule has 0 radical (unpaired) electrons. The summed E-state index contributed by atoms with van der Waals surface area (Å²) in [6, 6.07) is 0. The summed E-state index contributed by atoms with van der Waals surface area (Å²) in [6.07, 6.45) is 4.31. The molecule has 2 rings (SSSR count). The van der Waals surface area contributed by atoms with Crippen molar-refractivity contribution in [2.45, 2.75) is 31.7 Å². The van der Waals surface area contributed by atoms with Crippen molar-refractivity contribution in [1.82, 2.24) is 9.97 Å². The molecule has 0 aromatic carbocycles. The summed E-state index contributed by atoms with van der Waals surface area (Å²) in [5.74, 6) is 0.102. The number of nitrogens with zero attached hydrogens (tertiary/aromatic N) is 3. The molecule has 1 aliphatic rings. The van der Waals surface area contributed by atoms with E-state index in [1.807, 2.05) is 6.92 Å². The van der Waals surface area contributed by atoms with E-state index in [2.05, 4.69) is 15.3 Å². The molecule has 0 bridgehead atoms. The largest absolute Gasteiger partial charge is 0.378 e. The van der Waals surface area contributed by atoms with Crippen LogP contribution in [0.15, 0.2) is 6.33 Å². The standard InChI is InChI=1S/C9H13N5O2/c1-9(3-2-4-9)13-8-6(14(15)16)7(10)11-5-12-8/h5H,2-4H2,1H3,(H3,10,11,12,13). The van der Waals surface area contributed by atoms with Gasteiger partial charge in [-0.25, -0.2) is 9.97 Å². The predicted molar refractivity (Wildman–Crippen MR) is 59.0 cm³/mol. The van der Waals surface area contributed by atoms with Crippen LogP contribution in [0.1, 0.15) is 26.2 Å². The summed E-state index contributed by atoms with van der Waals surface area (Å²) >= 11 is 0. The predicted octanol–water partition coefficient (Wildman–Crippen LogP) is 1.32. The molecular weight excluding hydrogens is 210 g/mol. The van der Waals surface area contributed by atoms with Crippen molar-refractivity contribution in [2.75, 3.05) is 11.1 Å². The number of nitrogens with one attached hydrogen (secondary N) is 1. The normalized spacial score (nSPS) is 17.6. The van der Waals surface area contributed by atoms with E-state index in [4.69, 9.17) is 5.73 Å². The summed E-state index contributed by atoms with van der Waals surface area (Å²) < 4.78 is 0. The Bertz CT molecular complexity index is 430. The number of rotatable bonds is 3. The fourth-order valence-corrected chi connectivity index (χ4v) is 1.78. The number of anilines is 2. The first kappa shape index (κ1) is 10.6. The lowest BCUT2D eigenvalue weighted by Gasteiger charge is -2.39. The zero-order valence-corrected chi connectivity index (χ0v) is 8.93. The van der Waals surface area contributed by atoms with Crippen LogP contribution in [0.5, 0.6) is 0 Å². The lowest BCUT2D eigenvalue weighted by Crippen LogP contribution is -2.42. The zero-order valence-electron chi connectivity index (χ0n) is 8.93. The van der Waals surface area contributed by atoms with Gasteiger partial charge in [0.15, 0.2) is 0 Å². The first-order chi connectivity index (χ1) is 7.52. The molecule has 0 saturated heterocycles. The van der Waals surface area contributed by atoms with E-state index in [-0.39, 0.29) is 22.9 Å². The lowest BCUT2D eigenvalue weighted by molar-refractivity contribution is -0.383. The number of nitro groups is 1. The molecule has 1 fully saturated rings. The van der Waals surface area contributed by atoms with E-state index < -0.39 is 4.92 Å². The molecule has 7 heteroatoms. The van der Waals surface area contributed by atoms with Gasteiger partial charge in [0.05, 0.1) is 4.92 Å². The highest BCUT2D eigenvalue weighted by Gasteiger charge is 2.34. The first-order valence-electron chi connectivity index (χ1n) is 5.05. The highest BCUT2D eigenvalue weighted by Crippen LogP contribution is 2.37. The van der Waals surface area contributed by atoms with Crippen LogP contribution in [0.25, 0.3) is 0 Å². The van der Waals surface area contributed by atoms with E-state index in [0.29, 0.717) is 0 Å². The summed E-state index contributed by atoms with van der Waals surface area (Å²) in [7, 11) is 0. The van der Waals surface area contributed by atoms with Crippen LogP contribution >= 0.6 is 0 Å². The lowest BCUT2D eigenvalue weighted by atomic mass is 9.78. The van der Waals surface area contributed by atoms with Crippen LogP contribution in [0, 0.1) is 10.1 Å². The maximum Gasteiger partial charge on any atom is 0.353 e. The van der Waals surface area contributed by atoms with Crippen LogP contribution in [0.4, 0.5) is 17.3 Å². The molecule has 16 heavy (non-hydrogen) atoms. The third-order valence-electron chi connectivity index (χ3n) is 2.91. The molecule has 0 amide bonds. The van der Waals surface area contributed by atoms with E-state index in [0.717, 1.165) is 19.3 Å². The van der Waals surface area contributed by atoms with Gasteiger partial charge in [-0.2, -0.15) is 0 Å². The third-order valence-corrected chi connectivity index (χ3v) is 2.91. The average molecular weight is 223 g/mol. The van der Waals surface area contributed by atoms with Gasteiger partial charge in [0.25, 0.3) is 0 Å². The van der Waals surface area contributed by atoms with E-state index in [9.17, 15) is 10.1 Å². The van der Waals surface area contributed by atoms with Crippen LogP contribution in [-0.4, -0.2) is 20.4 Å². The second kappa shape index (κ2) is 3.58. The number of nitrogen functional groups attached to an aromatic ring is 1. The molecule has 1 saturated carbocycles. The number of hydrogen-bond acceptors (Lipinski definition) is 6. The number of hydrogen-bond donors (Lipinski definition) is 2. The van der Waals surface area contributed by atoms with Gasteiger partial charge in [-0.05, 0) is 26.2 Å². The molecule has 7 nitrogen and oxygen atoms in total. The Morgan fingerprint density at radius 1 is 1.56 bits per heavy atom. The minimum atomic E-state index is -0.556. The molecule has 1 heterocycles.